The highest BCUT2D eigenvalue weighted by Crippen LogP contribution is 2.19. The number of nitrogens with one attached hydrogen (secondary N) is 1. The van der Waals surface area contributed by atoms with Gasteiger partial charge in [0.1, 0.15) is 5.82 Å². The number of aromatic nitrogens is 1. The van der Waals surface area contributed by atoms with Gasteiger partial charge in [-0.25, -0.2) is 9.98 Å². The third-order valence-electron chi connectivity index (χ3n) is 5.13. The van der Waals surface area contributed by atoms with Crippen molar-refractivity contribution in [1.29, 1.82) is 0 Å². The van der Waals surface area contributed by atoms with E-state index >= 15 is 0 Å². The average Bonchev–Trinajstić information content (AvgIpc) is 2.90. The zero-order valence-electron chi connectivity index (χ0n) is 14.7. The summed E-state index contributed by atoms with van der Waals surface area (Å²) in [5.74, 6) is 1.66. The molecule has 0 spiro atoms. The Balaban J connectivity index is 1.54. The summed E-state index contributed by atoms with van der Waals surface area (Å²) >= 11 is 0. The van der Waals surface area contributed by atoms with E-state index in [1.807, 2.05) is 12.3 Å². The first-order valence-corrected chi connectivity index (χ1v) is 9.57. The maximum absolute atomic E-state index is 6.10. The second-order valence-electron chi connectivity index (χ2n) is 7.10. The van der Waals surface area contributed by atoms with Gasteiger partial charge in [-0.1, -0.05) is 25.7 Å². The van der Waals surface area contributed by atoms with Gasteiger partial charge in [0.25, 0.3) is 0 Å². The van der Waals surface area contributed by atoms with Crippen LogP contribution >= 0.6 is 0 Å². The first-order chi connectivity index (χ1) is 11.8. The molecule has 0 unspecified atom stereocenters. The molecule has 2 fully saturated rings. The maximum atomic E-state index is 6.10. The molecule has 0 atom stereocenters. The van der Waals surface area contributed by atoms with Gasteiger partial charge >= 0.3 is 0 Å². The molecule has 5 heteroatoms. The number of piperidine rings is 1. The molecule has 132 valence electrons. The van der Waals surface area contributed by atoms with Gasteiger partial charge in [-0.05, 0) is 49.8 Å². The number of anilines is 1. The molecule has 0 bridgehead atoms. The Morgan fingerprint density at radius 2 is 1.83 bits per heavy atom. The number of aliphatic imine (C=N–C) groups is 1. The number of hydrogen-bond donors (Lipinski definition) is 2. The van der Waals surface area contributed by atoms with Gasteiger partial charge in [0.2, 0.25) is 0 Å². The van der Waals surface area contributed by atoms with Crippen LogP contribution in [-0.4, -0.2) is 30.1 Å². The largest absolute Gasteiger partial charge is 0.370 e. The van der Waals surface area contributed by atoms with Crippen LogP contribution in [0.3, 0.4) is 0 Å². The number of nitrogens with two attached hydrogens (primary N) is 1. The van der Waals surface area contributed by atoms with Crippen molar-refractivity contribution >= 4 is 11.8 Å². The van der Waals surface area contributed by atoms with Gasteiger partial charge in [-0.2, -0.15) is 0 Å². The predicted molar refractivity (Wildman–Crippen MR) is 100 cm³/mol. The lowest BCUT2D eigenvalue weighted by molar-refractivity contribution is 0.530. The van der Waals surface area contributed by atoms with Gasteiger partial charge < -0.3 is 16.0 Å². The normalized spacial score (nSPS) is 20.7. The predicted octanol–water partition coefficient (Wildman–Crippen LogP) is 3.20. The molecule has 2 aliphatic rings. The summed E-state index contributed by atoms with van der Waals surface area (Å²) in [6.07, 6.45) is 13.5. The summed E-state index contributed by atoms with van der Waals surface area (Å²) in [5, 5.41) is 3.41. The Hall–Kier alpha value is -1.78. The first kappa shape index (κ1) is 17.1. The number of guanidine groups is 1. The summed E-state index contributed by atoms with van der Waals surface area (Å²) in [4.78, 5) is 11.4. The Morgan fingerprint density at radius 3 is 2.58 bits per heavy atom. The highest BCUT2D eigenvalue weighted by molar-refractivity contribution is 5.78. The molecule has 5 nitrogen and oxygen atoms in total. The van der Waals surface area contributed by atoms with E-state index in [-0.39, 0.29) is 0 Å². The monoisotopic (exact) mass is 329 g/mol. The van der Waals surface area contributed by atoms with Crippen molar-refractivity contribution in [2.24, 2.45) is 10.7 Å². The van der Waals surface area contributed by atoms with E-state index < -0.39 is 0 Å². The highest BCUT2D eigenvalue weighted by Gasteiger charge is 2.13. The van der Waals surface area contributed by atoms with E-state index in [2.05, 4.69) is 26.3 Å². The van der Waals surface area contributed by atoms with E-state index in [1.54, 1.807) is 0 Å². The van der Waals surface area contributed by atoms with Gasteiger partial charge in [-0.15, -0.1) is 0 Å². The van der Waals surface area contributed by atoms with Crippen molar-refractivity contribution in [2.45, 2.75) is 70.4 Å². The average molecular weight is 329 g/mol. The van der Waals surface area contributed by atoms with Crippen LogP contribution < -0.4 is 16.0 Å². The highest BCUT2D eigenvalue weighted by atomic mass is 15.2. The summed E-state index contributed by atoms with van der Waals surface area (Å²) in [6, 6.07) is 4.70. The van der Waals surface area contributed by atoms with E-state index in [4.69, 9.17) is 5.73 Å². The van der Waals surface area contributed by atoms with Crippen LogP contribution in [0.4, 0.5) is 5.82 Å². The minimum Gasteiger partial charge on any atom is -0.370 e. The van der Waals surface area contributed by atoms with E-state index in [0.717, 1.165) is 18.9 Å². The molecule has 1 saturated heterocycles. The number of hydrogen-bond acceptors (Lipinski definition) is 3. The van der Waals surface area contributed by atoms with Gasteiger partial charge in [0, 0.05) is 25.3 Å². The van der Waals surface area contributed by atoms with Crippen LogP contribution in [0.5, 0.6) is 0 Å². The molecular weight excluding hydrogens is 298 g/mol. The van der Waals surface area contributed by atoms with Crippen LogP contribution in [0.25, 0.3) is 0 Å². The van der Waals surface area contributed by atoms with Crippen molar-refractivity contribution in [3.8, 4) is 0 Å². The molecule has 3 N–H and O–H groups in total. The van der Waals surface area contributed by atoms with Crippen molar-refractivity contribution in [1.82, 2.24) is 10.3 Å². The SMILES string of the molecule is NC(=NCc1ccnc(N2CCCCC2)c1)NC1CCCCCC1. The minimum absolute atomic E-state index is 0.498. The molecule has 1 aliphatic heterocycles. The Morgan fingerprint density at radius 1 is 1.12 bits per heavy atom. The molecule has 1 aromatic rings. The smallest absolute Gasteiger partial charge is 0.189 e. The van der Waals surface area contributed by atoms with E-state index in [1.165, 1.54) is 63.4 Å². The zero-order chi connectivity index (χ0) is 16.6. The summed E-state index contributed by atoms with van der Waals surface area (Å²) in [5.41, 5.74) is 7.27. The van der Waals surface area contributed by atoms with Gasteiger partial charge in [0.05, 0.1) is 6.54 Å². The summed E-state index contributed by atoms with van der Waals surface area (Å²) < 4.78 is 0. The molecule has 1 aliphatic carbocycles. The second kappa shape index (κ2) is 8.90. The summed E-state index contributed by atoms with van der Waals surface area (Å²) in [6.45, 7) is 2.85. The van der Waals surface area contributed by atoms with Crippen LogP contribution in [0.15, 0.2) is 23.3 Å². The maximum Gasteiger partial charge on any atom is 0.189 e. The third-order valence-corrected chi connectivity index (χ3v) is 5.13. The molecule has 0 amide bonds. The lowest BCUT2D eigenvalue weighted by Crippen LogP contribution is -2.39. The molecule has 0 radical (unpaired) electrons. The molecule has 2 heterocycles. The number of nitrogens with zero attached hydrogens (tertiary/aromatic N) is 3. The Labute approximate surface area is 145 Å². The molecule has 1 saturated carbocycles. The van der Waals surface area contributed by atoms with Gasteiger partial charge in [0.15, 0.2) is 5.96 Å². The fraction of sp³-hybridized carbons (Fsp3) is 0.684. The van der Waals surface area contributed by atoms with Crippen LogP contribution in [0, 0.1) is 0 Å². The second-order valence-corrected chi connectivity index (χ2v) is 7.10. The Kier molecular flexibility index (Phi) is 6.33. The van der Waals surface area contributed by atoms with Crippen molar-refractivity contribution in [2.75, 3.05) is 18.0 Å². The number of rotatable bonds is 4. The van der Waals surface area contributed by atoms with Crippen LogP contribution in [0.2, 0.25) is 0 Å². The van der Waals surface area contributed by atoms with E-state index in [9.17, 15) is 0 Å². The summed E-state index contributed by atoms with van der Waals surface area (Å²) in [7, 11) is 0. The van der Waals surface area contributed by atoms with Crippen LogP contribution in [-0.2, 0) is 6.54 Å². The van der Waals surface area contributed by atoms with Gasteiger partial charge in [-0.3, -0.25) is 0 Å². The van der Waals surface area contributed by atoms with Crippen LogP contribution in [0.1, 0.15) is 63.4 Å². The Bertz CT molecular complexity index is 528. The first-order valence-electron chi connectivity index (χ1n) is 9.57. The minimum atomic E-state index is 0.498. The number of pyridine rings is 1. The topological polar surface area (TPSA) is 66.5 Å². The van der Waals surface area contributed by atoms with Crippen molar-refractivity contribution in [3.63, 3.8) is 0 Å². The molecule has 0 aromatic carbocycles. The fourth-order valence-electron chi connectivity index (χ4n) is 3.71. The lowest BCUT2D eigenvalue weighted by atomic mass is 10.1. The molecule has 24 heavy (non-hydrogen) atoms. The zero-order valence-corrected chi connectivity index (χ0v) is 14.7. The molecular formula is C19H31N5. The fourth-order valence-corrected chi connectivity index (χ4v) is 3.71. The third kappa shape index (κ3) is 5.11. The van der Waals surface area contributed by atoms with E-state index in [0.29, 0.717) is 18.5 Å². The van der Waals surface area contributed by atoms with Crippen molar-refractivity contribution in [3.05, 3.63) is 23.9 Å². The van der Waals surface area contributed by atoms with Crippen molar-refractivity contribution < 1.29 is 0 Å². The lowest BCUT2D eigenvalue weighted by Gasteiger charge is -2.27. The standard InChI is InChI=1S/C19H31N5/c20-19(23-17-8-4-1-2-5-9-17)22-15-16-10-11-21-18(14-16)24-12-6-3-7-13-24/h10-11,14,17H,1-9,12-13,15H2,(H3,20,22,23). The quantitative estimate of drug-likeness (QED) is 0.506. The molecule has 3 rings (SSSR count). The molecule has 1 aromatic heterocycles.